The Morgan fingerprint density at radius 2 is 2.11 bits per heavy atom. The molecule has 0 aliphatic heterocycles. The predicted molar refractivity (Wildman–Crippen MR) is 112 cm³/mol. The van der Waals surface area contributed by atoms with E-state index in [4.69, 9.17) is 20.8 Å². The highest BCUT2D eigenvalue weighted by molar-refractivity contribution is 14.1. The van der Waals surface area contributed by atoms with Crippen LogP contribution in [0.2, 0.25) is 5.02 Å². The van der Waals surface area contributed by atoms with E-state index in [0.29, 0.717) is 16.3 Å². The molecule has 138 valence electrons. The van der Waals surface area contributed by atoms with Gasteiger partial charge in [-0.25, -0.2) is 4.79 Å². The van der Waals surface area contributed by atoms with Crippen LogP contribution in [0, 0.1) is 3.57 Å². The second-order valence-corrected chi connectivity index (χ2v) is 7.86. The fraction of sp³-hybridized carbons (Fsp3) is 0.0556. The average molecular weight is 515 g/mol. The zero-order chi connectivity index (χ0) is 19.4. The molecule has 0 atom stereocenters. The van der Waals surface area contributed by atoms with Gasteiger partial charge >= 0.3 is 5.97 Å². The Morgan fingerprint density at radius 3 is 2.81 bits per heavy atom. The van der Waals surface area contributed by atoms with Gasteiger partial charge in [-0.3, -0.25) is 0 Å². The smallest absolute Gasteiger partial charge is 0.342 e. The number of thioether (sulfide) groups is 1. The number of ether oxygens (including phenoxy) is 1. The van der Waals surface area contributed by atoms with Crippen molar-refractivity contribution in [3.8, 4) is 17.2 Å². The number of carboxylic acids is 1. The van der Waals surface area contributed by atoms with Crippen LogP contribution in [0.25, 0.3) is 17.5 Å². The topological polar surface area (TPSA) is 85.5 Å². The van der Waals surface area contributed by atoms with Crippen LogP contribution in [0.4, 0.5) is 0 Å². The molecule has 0 spiro atoms. The second-order valence-electron chi connectivity index (χ2n) is 5.19. The molecule has 3 aromatic rings. The quantitative estimate of drug-likeness (QED) is 0.274. The molecule has 0 saturated carbocycles. The van der Waals surface area contributed by atoms with Crippen molar-refractivity contribution in [3.63, 3.8) is 0 Å². The summed E-state index contributed by atoms with van der Waals surface area (Å²) in [4.78, 5) is 11.7. The van der Waals surface area contributed by atoms with Crippen LogP contribution in [-0.2, 0) is 4.79 Å². The number of hydrogen-bond donors (Lipinski definition) is 1. The van der Waals surface area contributed by atoms with Gasteiger partial charge in [-0.2, -0.15) is 0 Å². The van der Waals surface area contributed by atoms with Crippen LogP contribution in [0.15, 0.2) is 57.0 Å². The van der Waals surface area contributed by atoms with E-state index in [1.807, 2.05) is 24.3 Å². The molecule has 1 aromatic heterocycles. The minimum atomic E-state index is -1.08. The third-order valence-corrected chi connectivity index (χ3v) is 5.11. The molecule has 6 nitrogen and oxygen atoms in total. The maximum atomic E-state index is 11.6. The van der Waals surface area contributed by atoms with Gasteiger partial charge in [0.05, 0.1) is 12.7 Å². The fourth-order valence-corrected chi connectivity index (χ4v) is 3.60. The van der Waals surface area contributed by atoms with Crippen molar-refractivity contribution >= 4 is 58.0 Å². The largest absolute Gasteiger partial charge is 0.496 e. The summed E-state index contributed by atoms with van der Waals surface area (Å²) in [7, 11) is 1.52. The summed E-state index contributed by atoms with van der Waals surface area (Å²) < 4.78 is 11.9. The van der Waals surface area contributed by atoms with Crippen molar-refractivity contribution in [1.29, 1.82) is 0 Å². The highest BCUT2D eigenvalue weighted by atomic mass is 127. The van der Waals surface area contributed by atoms with Crippen LogP contribution in [0.5, 0.6) is 5.75 Å². The standard InChI is InChI=1S/C18H12ClIN2O4S/c1-25-14-6-5-11(19)9-13(14)16-21-22-18(26-16)27-15(17(23)24)8-10-3-2-4-12(20)7-10/h2-9H,1H3,(H,23,24)/b15-8-. The van der Waals surface area contributed by atoms with Crippen molar-refractivity contribution < 1.29 is 19.1 Å². The molecule has 3 rings (SSSR count). The number of halogens is 2. The second kappa shape index (κ2) is 8.77. The summed E-state index contributed by atoms with van der Waals surface area (Å²) in [6.45, 7) is 0. The molecule has 2 aromatic carbocycles. The highest BCUT2D eigenvalue weighted by Crippen LogP contribution is 2.35. The van der Waals surface area contributed by atoms with Crippen molar-refractivity contribution in [2.75, 3.05) is 7.11 Å². The van der Waals surface area contributed by atoms with E-state index in [1.54, 1.807) is 24.3 Å². The Balaban J connectivity index is 1.89. The number of rotatable bonds is 6. The Labute approximate surface area is 177 Å². The number of aromatic nitrogens is 2. The Bertz CT molecular complexity index is 1020. The number of aliphatic carboxylic acids is 1. The van der Waals surface area contributed by atoms with E-state index in [0.717, 1.165) is 20.9 Å². The summed E-state index contributed by atoms with van der Waals surface area (Å²) in [5.74, 6) is -0.373. The van der Waals surface area contributed by atoms with Gasteiger partial charge in [0, 0.05) is 8.59 Å². The lowest BCUT2D eigenvalue weighted by Gasteiger charge is -2.04. The predicted octanol–water partition coefficient (Wildman–Crippen LogP) is 5.22. The third-order valence-electron chi connectivity index (χ3n) is 3.35. The van der Waals surface area contributed by atoms with Gasteiger partial charge in [-0.15, -0.1) is 10.2 Å². The maximum Gasteiger partial charge on any atom is 0.342 e. The van der Waals surface area contributed by atoms with Gasteiger partial charge < -0.3 is 14.3 Å². The van der Waals surface area contributed by atoms with Crippen molar-refractivity contribution in [2.45, 2.75) is 5.22 Å². The summed E-state index contributed by atoms with van der Waals surface area (Å²) in [5, 5.41) is 18.0. The summed E-state index contributed by atoms with van der Waals surface area (Å²) in [6, 6.07) is 12.5. The molecule has 0 aliphatic rings. The molecule has 0 bridgehead atoms. The molecule has 1 heterocycles. The van der Waals surface area contributed by atoms with Crippen LogP contribution < -0.4 is 4.74 Å². The van der Waals surface area contributed by atoms with E-state index in [-0.39, 0.29) is 16.0 Å². The molecule has 0 amide bonds. The number of carbonyl (C=O) groups is 1. The molecule has 1 N–H and O–H groups in total. The van der Waals surface area contributed by atoms with Gasteiger partial charge in [0.15, 0.2) is 0 Å². The molecule has 9 heteroatoms. The van der Waals surface area contributed by atoms with E-state index < -0.39 is 5.97 Å². The number of carboxylic acid groups (broad SMARTS) is 1. The first-order valence-electron chi connectivity index (χ1n) is 7.52. The monoisotopic (exact) mass is 514 g/mol. The molecule has 0 radical (unpaired) electrons. The fourth-order valence-electron chi connectivity index (χ4n) is 2.18. The van der Waals surface area contributed by atoms with E-state index in [9.17, 15) is 9.90 Å². The molecular weight excluding hydrogens is 503 g/mol. The van der Waals surface area contributed by atoms with Gasteiger partial charge in [-0.1, -0.05) is 23.7 Å². The first-order valence-corrected chi connectivity index (χ1v) is 9.79. The SMILES string of the molecule is COc1ccc(Cl)cc1-c1nnc(S/C(=C\c2cccc(I)c2)C(=O)O)o1. The summed E-state index contributed by atoms with van der Waals surface area (Å²) >= 11 is 9.06. The maximum absolute atomic E-state index is 11.6. The summed E-state index contributed by atoms with van der Waals surface area (Å²) in [5.41, 5.74) is 1.30. The van der Waals surface area contributed by atoms with E-state index >= 15 is 0 Å². The van der Waals surface area contributed by atoms with Crippen molar-refractivity contribution in [2.24, 2.45) is 0 Å². The van der Waals surface area contributed by atoms with Gasteiger partial charge in [0.25, 0.3) is 11.1 Å². The first-order chi connectivity index (χ1) is 13.0. The number of benzene rings is 2. The van der Waals surface area contributed by atoms with Gasteiger partial charge in [-0.05, 0) is 76.3 Å². The Kier molecular flexibility index (Phi) is 6.40. The highest BCUT2D eigenvalue weighted by Gasteiger charge is 2.18. The number of nitrogens with zero attached hydrogens (tertiary/aromatic N) is 2. The van der Waals surface area contributed by atoms with Crippen LogP contribution in [0.1, 0.15) is 5.56 Å². The minimum Gasteiger partial charge on any atom is -0.496 e. The third kappa shape index (κ3) is 5.02. The van der Waals surface area contributed by atoms with E-state index in [1.165, 1.54) is 7.11 Å². The normalized spacial score (nSPS) is 11.4. The number of methoxy groups -OCH3 is 1. The van der Waals surface area contributed by atoms with Crippen LogP contribution in [0.3, 0.4) is 0 Å². The molecule has 0 aliphatic carbocycles. The molecule has 27 heavy (non-hydrogen) atoms. The van der Waals surface area contributed by atoms with Crippen LogP contribution in [-0.4, -0.2) is 28.4 Å². The van der Waals surface area contributed by atoms with Gasteiger partial charge in [0.2, 0.25) is 0 Å². The lowest BCUT2D eigenvalue weighted by Crippen LogP contribution is -1.96. The van der Waals surface area contributed by atoms with Crippen LogP contribution >= 0.6 is 46.0 Å². The Morgan fingerprint density at radius 1 is 1.30 bits per heavy atom. The minimum absolute atomic E-state index is 0.0604. The zero-order valence-corrected chi connectivity index (χ0v) is 17.6. The first kappa shape index (κ1) is 19.7. The van der Waals surface area contributed by atoms with Crippen molar-refractivity contribution in [3.05, 3.63) is 61.5 Å². The zero-order valence-electron chi connectivity index (χ0n) is 13.8. The van der Waals surface area contributed by atoms with Gasteiger partial charge in [0.1, 0.15) is 10.7 Å². The lowest BCUT2D eigenvalue weighted by atomic mass is 10.2. The lowest BCUT2D eigenvalue weighted by molar-refractivity contribution is -0.131. The average Bonchev–Trinajstić information content (AvgIpc) is 3.09. The molecule has 0 fully saturated rings. The van der Waals surface area contributed by atoms with Crippen molar-refractivity contribution in [1.82, 2.24) is 10.2 Å². The molecule has 0 unspecified atom stereocenters. The molecule has 0 saturated heterocycles. The van der Waals surface area contributed by atoms with E-state index in [2.05, 4.69) is 32.8 Å². The number of hydrogen-bond acceptors (Lipinski definition) is 6. The summed E-state index contributed by atoms with van der Waals surface area (Å²) in [6.07, 6.45) is 1.55. The Hall–Kier alpha value is -2.04. The molecular formula is C18H12ClIN2O4S.